The second kappa shape index (κ2) is 19.2. The third-order valence-electron chi connectivity index (χ3n) is 13.6. The number of anilines is 1. The highest BCUT2D eigenvalue weighted by molar-refractivity contribution is 6.33. The molecule has 12 nitrogen and oxygen atoms in total. The van der Waals surface area contributed by atoms with E-state index in [-0.39, 0.29) is 24.2 Å². The van der Waals surface area contributed by atoms with Crippen LogP contribution in [0.2, 0.25) is 5.02 Å². The molecule has 4 fully saturated rings. The summed E-state index contributed by atoms with van der Waals surface area (Å²) in [5.74, 6) is 0.126. The van der Waals surface area contributed by atoms with Crippen LogP contribution in [-0.2, 0) is 29.6 Å². The maximum Gasteiger partial charge on any atom is 0.255 e. The smallest absolute Gasteiger partial charge is 0.255 e. The molecule has 1 atom stereocenters. The number of piperidine rings is 2. The number of fused-ring (bicyclic) bond motifs is 1. The molecule has 5 heterocycles. The highest BCUT2D eigenvalue weighted by atomic mass is 35.5. The maximum absolute atomic E-state index is 14.8. The average molecular weight is 830 g/mol. The van der Waals surface area contributed by atoms with Gasteiger partial charge in [0.05, 0.1) is 23.1 Å². The second-order valence-electron chi connectivity index (χ2n) is 17.8. The first-order valence-electron chi connectivity index (χ1n) is 22.4. The molecule has 14 heteroatoms. The van der Waals surface area contributed by atoms with Crippen LogP contribution in [0, 0.1) is 11.7 Å². The van der Waals surface area contributed by atoms with Gasteiger partial charge < -0.3 is 20.4 Å². The topological polar surface area (TPSA) is 137 Å². The van der Waals surface area contributed by atoms with E-state index >= 15 is 0 Å². The zero-order chi connectivity index (χ0) is 40.9. The number of rotatable bonds is 18. The van der Waals surface area contributed by atoms with Crippen LogP contribution in [0.4, 0.5) is 10.3 Å². The number of hydrogen-bond acceptors (Lipinski definition) is 9. The minimum atomic E-state index is -0.690. The molecule has 3 aliphatic heterocycles. The van der Waals surface area contributed by atoms with Crippen LogP contribution in [0.25, 0.3) is 11.3 Å². The molecule has 1 unspecified atom stereocenters. The van der Waals surface area contributed by atoms with E-state index in [4.69, 9.17) is 16.6 Å². The van der Waals surface area contributed by atoms with Crippen molar-refractivity contribution in [2.45, 2.75) is 146 Å². The minimum absolute atomic E-state index is 0.194. The predicted molar refractivity (Wildman–Crippen MR) is 227 cm³/mol. The van der Waals surface area contributed by atoms with Crippen LogP contribution in [0.3, 0.4) is 0 Å². The van der Waals surface area contributed by atoms with E-state index in [1.165, 1.54) is 74.4 Å². The van der Waals surface area contributed by atoms with Gasteiger partial charge in [0.1, 0.15) is 11.9 Å². The third-order valence-corrected chi connectivity index (χ3v) is 13.8. The number of nitrogens with one attached hydrogen (secondary N) is 3. The summed E-state index contributed by atoms with van der Waals surface area (Å²) < 4.78 is 16.8. The summed E-state index contributed by atoms with van der Waals surface area (Å²) in [6.45, 7) is 4.42. The van der Waals surface area contributed by atoms with E-state index in [1.807, 2.05) is 17.9 Å². The Kier molecular flexibility index (Phi) is 13.6. The van der Waals surface area contributed by atoms with Crippen LogP contribution in [0.15, 0.2) is 24.5 Å². The molecule has 3 N–H and O–H groups in total. The van der Waals surface area contributed by atoms with Gasteiger partial charge >= 0.3 is 0 Å². The summed E-state index contributed by atoms with van der Waals surface area (Å²) in [5.41, 5.74) is 5.13. The normalized spacial score (nSPS) is 22.9. The van der Waals surface area contributed by atoms with Crippen LogP contribution in [-0.4, -0.2) is 91.6 Å². The molecule has 1 aromatic carbocycles. The molecular weight excluding hydrogens is 769 g/mol. The lowest BCUT2D eigenvalue weighted by Crippen LogP contribution is -2.52. The predicted octanol–water partition coefficient (Wildman–Crippen LogP) is 7.31. The van der Waals surface area contributed by atoms with Gasteiger partial charge in [0.2, 0.25) is 17.8 Å². The molecule has 318 valence electrons. The monoisotopic (exact) mass is 829 g/mol. The van der Waals surface area contributed by atoms with Crippen LogP contribution < -0.4 is 16.0 Å². The van der Waals surface area contributed by atoms with Crippen LogP contribution in [0.5, 0.6) is 0 Å². The SMILES string of the molecule is Cn1ncc(-c2nc(N[C@H]3CC[C@H](NCCCCCCCCCN4CCC(c5cc(F)cc6c5CN(C5CCC(=O)NC5=O)C6=O)CC4)CC3)ncc2Cl)c1CC1CC1. The average Bonchev–Trinajstić information content (AvgIpc) is 3.91. The van der Waals surface area contributed by atoms with E-state index in [1.54, 1.807) is 12.3 Å². The van der Waals surface area contributed by atoms with Gasteiger partial charge in [0, 0.05) is 48.9 Å². The zero-order valence-electron chi connectivity index (χ0n) is 34.6. The highest BCUT2D eigenvalue weighted by Crippen LogP contribution is 2.39. The van der Waals surface area contributed by atoms with Crippen LogP contribution in [0.1, 0.15) is 142 Å². The number of unbranched alkanes of at least 4 members (excludes halogenated alkanes) is 6. The molecule has 0 bridgehead atoms. The van der Waals surface area contributed by atoms with Crippen LogP contribution >= 0.6 is 11.6 Å². The summed E-state index contributed by atoms with van der Waals surface area (Å²) >= 11 is 6.59. The molecule has 3 amide bonds. The number of aromatic nitrogens is 4. The number of nitrogens with zero attached hydrogens (tertiary/aromatic N) is 6. The Morgan fingerprint density at radius 3 is 2.34 bits per heavy atom. The van der Waals surface area contributed by atoms with Crippen molar-refractivity contribution < 1.29 is 18.8 Å². The fourth-order valence-corrected chi connectivity index (χ4v) is 10.1. The van der Waals surface area contributed by atoms with Gasteiger partial charge in [-0.2, -0.15) is 5.10 Å². The molecule has 2 saturated carbocycles. The second-order valence-corrected chi connectivity index (χ2v) is 18.2. The fraction of sp³-hybridized carbons (Fsp3) is 0.644. The lowest BCUT2D eigenvalue weighted by atomic mass is 9.85. The van der Waals surface area contributed by atoms with E-state index in [2.05, 4.69) is 30.9 Å². The number of carbonyl (C=O) groups is 3. The summed E-state index contributed by atoms with van der Waals surface area (Å²) in [5, 5.41) is 14.8. The van der Waals surface area contributed by atoms with E-state index < -0.39 is 17.8 Å². The number of aryl methyl sites for hydroxylation is 1. The summed E-state index contributed by atoms with van der Waals surface area (Å²) in [6, 6.07) is 3.17. The van der Waals surface area contributed by atoms with E-state index in [9.17, 15) is 18.8 Å². The third kappa shape index (κ3) is 10.3. The number of halogens is 2. The summed E-state index contributed by atoms with van der Waals surface area (Å²) in [7, 11) is 2.00. The molecule has 3 aromatic rings. The number of likely N-dealkylation sites (tertiary alicyclic amines) is 1. The highest BCUT2D eigenvalue weighted by Gasteiger charge is 2.41. The molecule has 59 heavy (non-hydrogen) atoms. The van der Waals surface area contributed by atoms with Gasteiger partial charge in [0.15, 0.2) is 0 Å². The van der Waals surface area contributed by atoms with Crippen molar-refractivity contribution in [3.63, 3.8) is 0 Å². The van der Waals surface area contributed by atoms with Gasteiger partial charge in [-0.15, -0.1) is 0 Å². The fourth-order valence-electron chi connectivity index (χ4n) is 9.88. The van der Waals surface area contributed by atoms with Crippen molar-refractivity contribution in [2.75, 3.05) is 31.5 Å². The van der Waals surface area contributed by atoms with Gasteiger partial charge in [-0.05, 0) is 138 Å². The summed E-state index contributed by atoms with van der Waals surface area (Å²) in [6.07, 6.45) is 22.9. The number of imide groups is 1. The van der Waals surface area contributed by atoms with Crippen molar-refractivity contribution in [3.8, 4) is 11.3 Å². The molecule has 8 rings (SSSR count). The van der Waals surface area contributed by atoms with E-state index in [0.29, 0.717) is 41.6 Å². The molecule has 0 spiro atoms. The Labute approximate surface area is 352 Å². The van der Waals surface area contributed by atoms with Crippen molar-refractivity contribution in [1.82, 2.24) is 40.2 Å². The Morgan fingerprint density at radius 2 is 1.59 bits per heavy atom. The van der Waals surface area contributed by atoms with Crippen molar-refractivity contribution in [2.24, 2.45) is 13.0 Å². The lowest BCUT2D eigenvalue weighted by molar-refractivity contribution is -0.136. The van der Waals surface area contributed by atoms with E-state index in [0.717, 1.165) is 99.4 Å². The standard InChI is InChI=1S/C45H61ClFN9O3/c1-54-40(23-29-9-10-29)36(26-50-54)42-38(46)27-49-45(53-42)51-33-13-11-32(12-14-33)48-19-7-5-3-2-4-6-8-20-55-21-17-30(18-22-55)34-24-31(47)25-35-37(34)28-56(44(35)59)39-15-16-41(57)52-43(39)58/h24-27,29-30,32-33,39,48H,2-23,28H2,1H3,(H,49,51,53)(H,52,57,58)/t32-,33-,39?. The Balaban J connectivity index is 0.665. The van der Waals surface area contributed by atoms with Gasteiger partial charge in [-0.25, -0.2) is 14.4 Å². The van der Waals surface area contributed by atoms with Crippen molar-refractivity contribution in [1.29, 1.82) is 0 Å². The molecule has 5 aliphatic rings. The summed E-state index contributed by atoms with van der Waals surface area (Å²) in [4.78, 5) is 50.9. The largest absolute Gasteiger partial charge is 0.351 e. The molecule has 2 aliphatic carbocycles. The zero-order valence-corrected chi connectivity index (χ0v) is 35.4. The maximum atomic E-state index is 14.8. The van der Waals surface area contributed by atoms with Gasteiger partial charge in [0.25, 0.3) is 5.91 Å². The molecular formula is C45H61ClFN9O3. The first kappa shape index (κ1) is 41.8. The first-order chi connectivity index (χ1) is 28.7. The lowest BCUT2D eigenvalue weighted by Gasteiger charge is -2.33. The Bertz CT molecular complexity index is 1970. The Hall–Kier alpha value is -3.94. The number of benzene rings is 1. The number of carbonyl (C=O) groups excluding carboxylic acids is 3. The van der Waals surface area contributed by atoms with Gasteiger partial charge in [-0.3, -0.25) is 24.4 Å². The van der Waals surface area contributed by atoms with Crippen molar-refractivity contribution in [3.05, 3.63) is 57.8 Å². The minimum Gasteiger partial charge on any atom is -0.351 e. The molecule has 0 radical (unpaired) electrons. The molecule has 2 saturated heterocycles. The van der Waals surface area contributed by atoms with Gasteiger partial charge in [-0.1, -0.05) is 43.7 Å². The number of amides is 3. The molecule has 2 aromatic heterocycles. The van der Waals surface area contributed by atoms with Crippen molar-refractivity contribution >= 4 is 35.3 Å². The number of hydrogen-bond donors (Lipinski definition) is 3. The first-order valence-corrected chi connectivity index (χ1v) is 22.8. The quantitative estimate of drug-likeness (QED) is 0.0891. The Morgan fingerprint density at radius 1 is 0.864 bits per heavy atom.